The van der Waals surface area contributed by atoms with Crippen LogP contribution in [0.25, 0.3) is 11.1 Å². The van der Waals surface area contributed by atoms with Crippen molar-refractivity contribution >= 4 is 17.1 Å². The molecule has 0 bridgehead atoms. The number of aromatic carboxylic acids is 1. The SMILES string of the molecule is Cc1noc2[nH]c(C(=O)O)cc(=O)c12. The molecule has 0 fully saturated rings. The Labute approximate surface area is 77.1 Å². The summed E-state index contributed by atoms with van der Waals surface area (Å²) in [4.78, 5) is 24.4. The van der Waals surface area contributed by atoms with E-state index >= 15 is 0 Å². The molecular weight excluding hydrogens is 188 g/mol. The van der Waals surface area contributed by atoms with Crippen molar-refractivity contribution in [3.05, 3.63) is 27.7 Å². The fourth-order valence-corrected chi connectivity index (χ4v) is 1.22. The van der Waals surface area contributed by atoms with E-state index in [-0.39, 0.29) is 16.8 Å². The van der Waals surface area contributed by atoms with E-state index in [4.69, 9.17) is 9.63 Å². The topological polar surface area (TPSA) is 96.2 Å². The highest BCUT2D eigenvalue weighted by Crippen LogP contribution is 2.11. The third kappa shape index (κ3) is 1.08. The lowest BCUT2D eigenvalue weighted by atomic mass is 10.2. The van der Waals surface area contributed by atoms with Crippen LogP contribution in [0, 0.1) is 6.92 Å². The lowest BCUT2D eigenvalue weighted by Crippen LogP contribution is -2.08. The van der Waals surface area contributed by atoms with Crippen molar-refractivity contribution in [2.45, 2.75) is 6.92 Å². The molecular formula is C8H6N2O4. The van der Waals surface area contributed by atoms with Crippen LogP contribution in [-0.2, 0) is 0 Å². The minimum atomic E-state index is -1.21. The summed E-state index contributed by atoms with van der Waals surface area (Å²) in [5.41, 5.74) is -0.0841. The lowest BCUT2D eigenvalue weighted by molar-refractivity contribution is 0.0690. The highest BCUT2D eigenvalue weighted by atomic mass is 16.5. The first kappa shape index (κ1) is 8.49. The van der Waals surface area contributed by atoms with Crippen LogP contribution in [0.1, 0.15) is 16.2 Å². The number of hydrogen-bond acceptors (Lipinski definition) is 4. The molecule has 0 saturated carbocycles. The number of aromatic amines is 1. The molecule has 2 aromatic heterocycles. The van der Waals surface area contributed by atoms with Gasteiger partial charge in [-0.05, 0) is 6.92 Å². The predicted octanol–water partition coefficient (Wildman–Crippen LogP) is 0.523. The monoisotopic (exact) mass is 194 g/mol. The Hall–Kier alpha value is -2.11. The van der Waals surface area contributed by atoms with Gasteiger partial charge in [0.05, 0.1) is 5.69 Å². The van der Waals surface area contributed by atoms with Gasteiger partial charge in [0, 0.05) is 6.07 Å². The van der Waals surface area contributed by atoms with Gasteiger partial charge in [-0.3, -0.25) is 4.79 Å². The summed E-state index contributed by atoms with van der Waals surface area (Å²) in [6.07, 6.45) is 0. The molecule has 0 aliphatic rings. The van der Waals surface area contributed by atoms with Gasteiger partial charge in [-0.2, -0.15) is 0 Å². The van der Waals surface area contributed by atoms with E-state index in [0.717, 1.165) is 6.07 Å². The van der Waals surface area contributed by atoms with E-state index in [2.05, 4.69) is 10.1 Å². The van der Waals surface area contributed by atoms with Crippen LogP contribution in [0.4, 0.5) is 0 Å². The zero-order chi connectivity index (χ0) is 10.3. The van der Waals surface area contributed by atoms with Crippen molar-refractivity contribution in [3.8, 4) is 0 Å². The Balaban J connectivity index is 2.87. The third-order valence-electron chi connectivity index (χ3n) is 1.86. The van der Waals surface area contributed by atoms with E-state index in [1.165, 1.54) is 0 Å². The smallest absolute Gasteiger partial charge is 0.352 e. The second-order valence-corrected chi connectivity index (χ2v) is 2.82. The number of pyridine rings is 1. The van der Waals surface area contributed by atoms with E-state index in [1.807, 2.05) is 0 Å². The molecule has 14 heavy (non-hydrogen) atoms. The highest BCUT2D eigenvalue weighted by Gasteiger charge is 2.12. The summed E-state index contributed by atoms with van der Waals surface area (Å²) in [6.45, 7) is 1.61. The second kappa shape index (κ2) is 2.69. The van der Waals surface area contributed by atoms with Crippen LogP contribution in [-0.4, -0.2) is 21.2 Å². The quantitative estimate of drug-likeness (QED) is 0.689. The Kier molecular flexibility index (Phi) is 1.63. The van der Waals surface area contributed by atoms with Crippen LogP contribution in [0.5, 0.6) is 0 Å². The summed E-state index contributed by atoms with van der Waals surface area (Å²) in [6, 6.07) is 1.01. The first-order valence-corrected chi connectivity index (χ1v) is 3.82. The Bertz CT molecular complexity index is 566. The molecule has 72 valence electrons. The lowest BCUT2D eigenvalue weighted by Gasteiger charge is -1.92. The zero-order valence-corrected chi connectivity index (χ0v) is 7.20. The average molecular weight is 194 g/mol. The van der Waals surface area contributed by atoms with Crippen LogP contribution in [0.15, 0.2) is 15.4 Å². The summed E-state index contributed by atoms with van der Waals surface area (Å²) >= 11 is 0. The summed E-state index contributed by atoms with van der Waals surface area (Å²) in [7, 11) is 0. The van der Waals surface area contributed by atoms with E-state index in [9.17, 15) is 9.59 Å². The maximum Gasteiger partial charge on any atom is 0.352 e. The minimum Gasteiger partial charge on any atom is -0.477 e. The number of carboxylic acid groups (broad SMARTS) is 1. The Morgan fingerprint density at radius 2 is 2.36 bits per heavy atom. The average Bonchev–Trinajstić information content (AvgIpc) is 2.48. The molecule has 6 heteroatoms. The molecule has 0 radical (unpaired) electrons. The van der Waals surface area contributed by atoms with Gasteiger partial charge in [0.1, 0.15) is 11.1 Å². The Morgan fingerprint density at radius 1 is 1.64 bits per heavy atom. The van der Waals surface area contributed by atoms with Crippen LogP contribution < -0.4 is 5.43 Å². The molecule has 0 aliphatic heterocycles. The molecule has 0 aliphatic carbocycles. The number of rotatable bonds is 1. The number of nitrogens with one attached hydrogen (secondary N) is 1. The molecule has 6 nitrogen and oxygen atoms in total. The van der Waals surface area contributed by atoms with E-state index < -0.39 is 11.4 Å². The van der Waals surface area contributed by atoms with Crippen molar-refractivity contribution < 1.29 is 14.4 Å². The molecule has 2 N–H and O–H groups in total. The highest BCUT2D eigenvalue weighted by molar-refractivity contribution is 5.88. The van der Waals surface area contributed by atoms with Gasteiger partial charge in [-0.25, -0.2) is 4.79 Å². The second-order valence-electron chi connectivity index (χ2n) is 2.82. The number of carboxylic acids is 1. The maximum absolute atomic E-state index is 11.4. The van der Waals surface area contributed by atoms with Gasteiger partial charge in [0.25, 0.3) is 0 Å². The van der Waals surface area contributed by atoms with Gasteiger partial charge >= 0.3 is 5.97 Å². The van der Waals surface area contributed by atoms with E-state index in [0.29, 0.717) is 5.69 Å². The first-order chi connectivity index (χ1) is 6.59. The number of aryl methyl sites for hydroxylation is 1. The molecule has 0 unspecified atom stereocenters. The molecule has 2 rings (SSSR count). The van der Waals surface area contributed by atoms with Gasteiger partial charge < -0.3 is 14.6 Å². The molecule has 0 aromatic carbocycles. The van der Waals surface area contributed by atoms with Crippen molar-refractivity contribution in [1.82, 2.24) is 10.1 Å². The Morgan fingerprint density at radius 3 is 3.00 bits per heavy atom. The van der Waals surface area contributed by atoms with Gasteiger partial charge in [-0.15, -0.1) is 0 Å². The van der Waals surface area contributed by atoms with Crippen molar-refractivity contribution in [2.75, 3.05) is 0 Å². The minimum absolute atomic E-state index is 0.0902. The van der Waals surface area contributed by atoms with Crippen LogP contribution in [0.3, 0.4) is 0 Å². The molecule has 0 atom stereocenters. The molecule has 2 aromatic rings. The zero-order valence-electron chi connectivity index (χ0n) is 7.20. The van der Waals surface area contributed by atoms with Gasteiger partial charge in [0.15, 0.2) is 5.43 Å². The molecule has 0 saturated heterocycles. The summed E-state index contributed by atoms with van der Waals surface area (Å²) < 4.78 is 4.75. The first-order valence-electron chi connectivity index (χ1n) is 3.82. The normalized spacial score (nSPS) is 10.6. The van der Waals surface area contributed by atoms with Gasteiger partial charge in [-0.1, -0.05) is 5.16 Å². The molecule has 0 spiro atoms. The molecule has 2 heterocycles. The maximum atomic E-state index is 11.4. The van der Waals surface area contributed by atoms with Crippen LogP contribution >= 0.6 is 0 Å². The number of hydrogen-bond donors (Lipinski definition) is 2. The van der Waals surface area contributed by atoms with Crippen LogP contribution in [0.2, 0.25) is 0 Å². The fraction of sp³-hybridized carbons (Fsp3) is 0.125. The van der Waals surface area contributed by atoms with E-state index in [1.54, 1.807) is 6.92 Å². The third-order valence-corrected chi connectivity index (χ3v) is 1.86. The fourth-order valence-electron chi connectivity index (χ4n) is 1.22. The van der Waals surface area contributed by atoms with Crippen molar-refractivity contribution in [1.29, 1.82) is 0 Å². The van der Waals surface area contributed by atoms with Crippen molar-refractivity contribution in [2.24, 2.45) is 0 Å². The molecule has 0 amide bonds. The predicted molar refractivity (Wildman–Crippen MR) is 46.3 cm³/mol. The number of aromatic nitrogens is 2. The number of nitrogens with zero attached hydrogens (tertiary/aromatic N) is 1. The standard InChI is InChI=1S/C8H6N2O4/c1-3-6-5(11)2-4(8(12)13)9-7(6)14-10-3/h2H,1H3,(H,9,11)(H,12,13). The summed E-state index contributed by atoms with van der Waals surface area (Å²) in [5, 5.41) is 12.5. The number of fused-ring (bicyclic) bond motifs is 1. The number of carbonyl (C=O) groups is 1. The largest absolute Gasteiger partial charge is 0.477 e. The van der Waals surface area contributed by atoms with Gasteiger partial charge in [0.2, 0.25) is 5.71 Å². The van der Waals surface area contributed by atoms with Crippen molar-refractivity contribution in [3.63, 3.8) is 0 Å². The number of H-pyrrole nitrogens is 1. The summed E-state index contributed by atoms with van der Waals surface area (Å²) in [5.74, 6) is -1.21.